The summed E-state index contributed by atoms with van der Waals surface area (Å²) in [6.07, 6.45) is 3.85. The van der Waals surface area contributed by atoms with E-state index in [1.807, 2.05) is 12.1 Å². The van der Waals surface area contributed by atoms with Crippen molar-refractivity contribution in [3.63, 3.8) is 0 Å². The van der Waals surface area contributed by atoms with E-state index >= 15 is 0 Å². The highest BCUT2D eigenvalue weighted by atomic mass is 35.5. The lowest BCUT2D eigenvalue weighted by Gasteiger charge is -2.30. The molecule has 0 atom stereocenters. The Hall–Kier alpha value is -3.15. The molecule has 2 aliphatic rings. The smallest absolute Gasteiger partial charge is 0.272 e. The number of primary amides is 1. The highest BCUT2D eigenvalue weighted by molar-refractivity contribution is 6.33. The summed E-state index contributed by atoms with van der Waals surface area (Å²) in [4.78, 5) is 44.3. The van der Waals surface area contributed by atoms with E-state index in [1.54, 1.807) is 24.5 Å². The van der Waals surface area contributed by atoms with Crippen LogP contribution >= 0.6 is 11.6 Å². The highest BCUT2D eigenvalue weighted by Crippen LogP contribution is 2.35. The van der Waals surface area contributed by atoms with Crippen LogP contribution in [0, 0.1) is 5.92 Å². The summed E-state index contributed by atoms with van der Waals surface area (Å²) in [5, 5.41) is 15.9. The van der Waals surface area contributed by atoms with Crippen LogP contribution in [0.4, 0.5) is 11.4 Å². The highest BCUT2D eigenvalue weighted by Gasteiger charge is 2.32. The van der Waals surface area contributed by atoms with Crippen LogP contribution in [0.1, 0.15) is 66.5 Å². The number of morpholine rings is 1. The number of aromatic nitrogens is 2. The number of anilines is 2. The zero-order valence-corrected chi connectivity index (χ0v) is 22.5. The molecule has 2 aromatic rings. The molecule has 4 rings (SSSR count). The van der Waals surface area contributed by atoms with Gasteiger partial charge < -0.3 is 35.7 Å². The van der Waals surface area contributed by atoms with Crippen molar-refractivity contribution in [2.24, 2.45) is 11.7 Å². The van der Waals surface area contributed by atoms with Gasteiger partial charge in [-0.05, 0) is 57.7 Å². The summed E-state index contributed by atoms with van der Waals surface area (Å²) in [6.45, 7) is 6.00. The van der Waals surface area contributed by atoms with Gasteiger partial charge in [0, 0.05) is 37.3 Å². The maximum absolute atomic E-state index is 13.1. The maximum atomic E-state index is 13.1. The molecule has 2 fully saturated rings. The molecule has 11 nitrogen and oxygen atoms in total. The number of imidazole rings is 1. The minimum Gasteiger partial charge on any atom is -0.389 e. The van der Waals surface area contributed by atoms with Crippen LogP contribution in [0.2, 0.25) is 5.02 Å². The molecule has 3 amide bonds. The monoisotopic (exact) mass is 546 g/mol. The molecular weight excluding hydrogens is 512 g/mol. The molecule has 12 heteroatoms. The number of carbonyl (C=O) groups is 3. The van der Waals surface area contributed by atoms with Gasteiger partial charge in [-0.15, -0.1) is 0 Å². The second kappa shape index (κ2) is 11.7. The molecule has 1 aromatic heterocycles. The molecule has 0 spiro atoms. The molecule has 5 N–H and O–H groups in total. The third kappa shape index (κ3) is 6.64. The summed E-state index contributed by atoms with van der Waals surface area (Å²) in [6, 6.07) is 5.50. The lowest BCUT2D eigenvalue weighted by atomic mass is 9.85. The number of hydrogen-bond acceptors (Lipinski definition) is 7. The second-order valence-electron chi connectivity index (χ2n) is 10.5. The Labute approximate surface area is 226 Å². The number of amides is 3. The van der Waals surface area contributed by atoms with Gasteiger partial charge in [0.15, 0.2) is 5.69 Å². The Balaban J connectivity index is 1.39. The fourth-order valence-electron chi connectivity index (χ4n) is 4.91. The summed E-state index contributed by atoms with van der Waals surface area (Å²) in [5.74, 6) is -1.66. The third-order valence-electron chi connectivity index (χ3n) is 6.97. The quantitative estimate of drug-likeness (QED) is 0.396. The summed E-state index contributed by atoms with van der Waals surface area (Å²) in [7, 11) is 0. The first kappa shape index (κ1) is 27.9. The standard InChI is InChI=1S/C26H35ClN6O5/c1-26(2,37)14-29-25(36)21-22(23(28)34)33(15-30-21)17-5-3-16(4-6-17)24(35)31-20-13-18(7-8-19(20)27)32-9-11-38-12-10-32/h7-8,13,15-17,37H,3-6,9-12,14H2,1-2H3,(H2,28,34)(H,29,36)(H,31,35). The fourth-order valence-corrected chi connectivity index (χ4v) is 5.07. The first-order valence-corrected chi connectivity index (χ1v) is 13.2. The number of ether oxygens (including phenoxy) is 1. The molecule has 0 bridgehead atoms. The van der Waals surface area contributed by atoms with Crippen LogP contribution in [0.15, 0.2) is 24.5 Å². The van der Waals surface area contributed by atoms with E-state index < -0.39 is 17.4 Å². The average Bonchev–Trinajstić information content (AvgIpc) is 3.34. The second-order valence-corrected chi connectivity index (χ2v) is 10.9. The van der Waals surface area contributed by atoms with Crippen LogP contribution in [0.25, 0.3) is 0 Å². The van der Waals surface area contributed by atoms with Gasteiger partial charge in [-0.3, -0.25) is 14.4 Å². The summed E-state index contributed by atoms with van der Waals surface area (Å²) < 4.78 is 7.06. The Kier molecular flexibility index (Phi) is 8.59. The van der Waals surface area contributed by atoms with Crippen molar-refractivity contribution in [3.8, 4) is 0 Å². The number of halogens is 1. The molecule has 206 valence electrons. The molecule has 2 heterocycles. The number of aliphatic hydroxyl groups is 1. The molecule has 1 saturated heterocycles. The van der Waals surface area contributed by atoms with Gasteiger partial charge in [-0.2, -0.15) is 0 Å². The third-order valence-corrected chi connectivity index (χ3v) is 7.30. The molecule has 0 radical (unpaired) electrons. The molecule has 38 heavy (non-hydrogen) atoms. The normalized spacial score (nSPS) is 20.2. The molecule has 1 aliphatic carbocycles. The van der Waals surface area contributed by atoms with Crippen molar-refractivity contribution in [1.82, 2.24) is 14.9 Å². The number of carbonyl (C=O) groups excluding carboxylic acids is 3. The molecule has 1 aromatic carbocycles. The Morgan fingerprint density at radius 3 is 2.50 bits per heavy atom. The molecule has 1 aliphatic heterocycles. The lowest BCUT2D eigenvalue weighted by molar-refractivity contribution is -0.121. The first-order chi connectivity index (χ1) is 18.0. The number of rotatable bonds is 8. The van der Waals surface area contributed by atoms with Gasteiger partial charge in [0.1, 0.15) is 5.69 Å². The van der Waals surface area contributed by atoms with Crippen molar-refractivity contribution >= 4 is 40.7 Å². The summed E-state index contributed by atoms with van der Waals surface area (Å²) in [5.41, 5.74) is 6.02. The van der Waals surface area contributed by atoms with Crippen LogP contribution in [-0.2, 0) is 9.53 Å². The van der Waals surface area contributed by atoms with E-state index in [9.17, 15) is 19.5 Å². The number of benzene rings is 1. The molecule has 1 saturated carbocycles. The van der Waals surface area contributed by atoms with E-state index in [-0.39, 0.29) is 35.8 Å². The SMILES string of the molecule is CC(C)(O)CNC(=O)c1ncn(C2CCC(C(=O)Nc3cc(N4CCOCC4)ccc3Cl)CC2)c1C(N)=O. The van der Waals surface area contributed by atoms with E-state index in [0.29, 0.717) is 49.6 Å². The molecular formula is C26H35ClN6O5. The van der Waals surface area contributed by atoms with Crippen molar-refractivity contribution in [3.05, 3.63) is 40.9 Å². The van der Waals surface area contributed by atoms with Crippen LogP contribution in [0.5, 0.6) is 0 Å². The van der Waals surface area contributed by atoms with Gasteiger partial charge in [0.05, 0.1) is 35.9 Å². The largest absolute Gasteiger partial charge is 0.389 e. The number of nitrogens with one attached hydrogen (secondary N) is 2. The fraction of sp³-hybridized carbons (Fsp3) is 0.538. The van der Waals surface area contributed by atoms with Crippen LogP contribution < -0.4 is 21.3 Å². The zero-order chi connectivity index (χ0) is 27.4. The van der Waals surface area contributed by atoms with Crippen molar-refractivity contribution in [2.45, 2.75) is 51.2 Å². The zero-order valence-electron chi connectivity index (χ0n) is 21.7. The van der Waals surface area contributed by atoms with Crippen molar-refractivity contribution < 1.29 is 24.2 Å². The predicted molar refractivity (Wildman–Crippen MR) is 143 cm³/mol. The lowest BCUT2D eigenvalue weighted by Crippen LogP contribution is -2.39. The summed E-state index contributed by atoms with van der Waals surface area (Å²) >= 11 is 6.39. The number of nitrogens with two attached hydrogens (primary N) is 1. The minimum atomic E-state index is -1.11. The first-order valence-electron chi connectivity index (χ1n) is 12.8. The molecule has 0 unspecified atom stereocenters. The number of nitrogens with zero attached hydrogens (tertiary/aromatic N) is 3. The Morgan fingerprint density at radius 2 is 1.87 bits per heavy atom. The Morgan fingerprint density at radius 1 is 1.18 bits per heavy atom. The number of hydrogen-bond donors (Lipinski definition) is 4. The van der Waals surface area contributed by atoms with Crippen LogP contribution in [0.3, 0.4) is 0 Å². The maximum Gasteiger partial charge on any atom is 0.272 e. The van der Waals surface area contributed by atoms with Gasteiger partial charge in [-0.25, -0.2) is 4.98 Å². The topological polar surface area (TPSA) is 152 Å². The van der Waals surface area contributed by atoms with Crippen molar-refractivity contribution in [2.75, 3.05) is 43.1 Å². The van der Waals surface area contributed by atoms with Gasteiger partial charge in [0.2, 0.25) is 5.91 Å². The van der Waals surface area contributed by atoms with Gasteiger partial charge in [0.25, 0.3) is 11.8 Å². The van der Waals surface area contributed by atoms with E-state index in [1.165, 1.54) is 6.33 Å². The van der Waals surface area contributed by atoms with Gasteiger partial charge >= 0.3 is 0 Å². The average molecular weight is 547 g/mol. The van der Waals surface area contributed by atoms with Crippen LogP contribution in [-0.4, -0.2) is 70.8 Å². The predicted octanol–water partition coefficient (Wildman–Crippen LogP) is 2.34. The van der Waals surface area contributed by atoms with Crippen molar-refractivity contribution in [1.29, 1.82) is 0 Å². The van der Waals surface area contributed by atoms with E-state index in [4.69, 9.17) is 22.1 Å². The van der Waals surface area contributed by atoms with E-state index in [2.05, 4.69) is 20.5 Å². The van der Waals surface area contributed by atoms with E-state index in [0.717, 1.165) is 18.8 Å². The minimum absolute atomic E-state index is 0.00349. The Bertz CT molecular complexity index is 1180. The van der Waals surface area contributed by atoms with Gasteiger partial charge in [-0.1, -0.05) is 11.6 Å².